The Morgan fingerprint density at radius 1 is 1.61 bits per heavy atom. The third kappa shape index (κ3) is 3.70. The maximum Gasteiger partial charge on any atom is 0.254 e. The van der Waals surface area contributed by atoms with E-state index in [0.717, 1.165) is 13.0 Å². The fourth-order valence-electron chi connectivity index (χ4n) is 1.44. The predicted molar refractivity (Wildman–Crippen MR) is 71.7 cm³/mol. The van der Waals surface area contributed by atoms with E-state index >= 15 is 0 Å². The van der Waals surface area contributed by atoms with Gasteiger partial charge >= 0.3 is 0 Å². The molecule has 1 aromatic heterocycles. The van der Waals surface area contributed by atoms with Crippen LogP contribution in [-0.4, -0.2) is 47.1 Å². The molecular formula is C13H21N3O2. The lowest BCUT2D eigenvalue weighted by atomic mass is 10.2. The number of hydrogen-bond donors (Lipinski definition) is 2. The van der Waals surface area contributed by atoms with Crippen LogP contribution in [0.5, 0.6) is 0 Å². The van der Waals surface area contributed by atoms with Gasteiger partial charge in [0.25, 0.3) is 5.91 Å². The summed E-state index contributed by atoms with van der Waals surface area (Å²) < 4.78 is 0. The van der Waals surface area contributed by atoms with Crippen molar-refractivity contribution in [2.75, 3.05) is 25.5 Å². The van der Waals surface area contributed by atoms with Crippen molar-refractivity contribution in [1.82, 2.24) is 9.88 Å². The summed E-state index contributed by atoms with van der Waals surface area (Å²) in [6, 6.07) is 3.22. The zero-order valence-electron chi connectivity index (χ0n) is 11.2. The lowest BCUT2D eigenvalue weighted by molar-refractivity contribution is 0.0682. The molecule has 1 unspecified atom stereocenters. The average molecular weight is 251 g/mol. The number of pyridine rings is 1. The third-order valence-corrected chi connectivity index (χ3v) is 2.81. The number of aliphatic hydroxyl groups is 1. The van der Waals surface area contributed by atoms with Crippen molar-refractivity contribution in [3.63, 3.8) is 0 Å². The van der Waals surface area contributed by atoms with Gasteiger partial charge in [-0.3, -0.25) is 4.79 Å². The zero-order valence-corrected chi connectivity index (χ0v) is 11.2. The molecule has 0 aliphatic heterocycles. The first kappa shape index (κ1) is 14.4. The first-order valence-electron chi connectivity index (χ1n) is 6.18. The van der Waals surface area contributed by atoms with E-state index in [1.165, 1.54) is 4.90 Å². The molecule has 1 amide bonds. The van der Waals surface area contributed by atoms with Crippen LogP contribution in [0.15, 0.2) is 18.3 Å². The highest BCUT2D eigenvalue weighted by Crippen LogP contribution is 2.10. The van der Waals surface area contributed by atoms with Crippen molar-refractivity contribution in [3.8, 4) is 0 Å². The van der Waals surface area contributed by atoms with Gasteiger partial charge in [-0.2, -0.15) is 0 Å². The van der Waals surface area contributed by atoms with Crippen molar-refractivity contribution in [1.29, 1.82) is 0 Å². The number of nitrogens with zero attached hydrogens (tertiary/aromatic N) is 2. The molecule has 5 heteroatoms. The summed E-state index contributed by atoms with van der Waals surface area (Å²) in [5.41, 5.74) is 0.575. The molecule has 2 N–H and O–H groups in total. The summed E-state index contributed by atoms with van der Waals surface area (Å²) in [4.78, 5) is 17.8. The van der Waals surface area contributed by atoms with Crippen molar-refractivity contribution in [3.05, 3.63) is 23.9 Å². The number of amides is 1. The number of rotatable bonds is 6. The smallest absolute Gasteiger partial charge is 0.254 e. The van der Waals surface area contributed by atoms with Gasteiger partial charge in [0.1, 0.15) is 5.82 Å². The lowest BCUT2D eigenvalue weighted by Gasteiger charge is -2.23. The Hall–Kier alpha value is -1.62. The number of aliphatic hydroxyl groups excluding tert-OH is 1. The van der Waals surface area contributed by atoms with Crippen LogP contribution >= 0.6 is 0 Å². The summed E-state index contributed by atoms with van der Waals surface area (Å²) in [7, 11) is 1.68. The van der Waals surface area contributed by atoms with Gasteiger partial charge in [-0.15, -0.1) is 0 Å². The van der Waals surface area contributed by atoms with E-state index in [-0.39, 0.29) is 18.6 Å². The topological polar surface area (TPSA) is 65.5 Å². The second-order valence-electron chi connectivity index (χ2n) is 4.30. The summed E-state index contributed by atoms with van der Waals surface area (Å²) in [6.45, 7) is 4.65. The number of likely N-dealkylation sites (N-methyl/N-ethyl adjacent to an activating group) is 1. The summed E-state index contributed by atoms with van der Waals surface area (Å²) in [5.74, 6) is 0.589. The molecule has 1 heterocycles. The number of nitrogens with one attached hydrogen (secondary N) is 1. The third-order valence-electron chi connectivity index (χ3n) is 2.81. The van der Waals surface area contributed by atoms with Crippen LogP contribution in [-0.2, 0) is 0 Å². The molecule has 0 bridgehead atoms. The van der Waals surface area contributed by atoms with Crippen LogP contribution in [0.1, 0.15) is 30.6 Å². The molecule has 0 radical (unpaired) electrons. The lowest BCUT2D eigenvalue weighted by Crippen LogP contribution is -2.37. The molecule has 1 atom stereocenters. The number of anilines is 1. The maximum atomic E-state index is 12.1. The Morgan fingerprint density at radius 3 is 2.94 bits per heavy atom. The SMILES string of the molecule is CCCNc1cc(C(=O)N(C)C(C)CO)ccn1. The fourth-order valence-corrected chi connectivity index (χ4v) is 1.44. The highest BCUT2D eigenvalue weighted by molar-refractivity contribution is 5.94. The molecule has 1 rings (SSSR count). The van der Waals surface area contributed by atoms with Crippen LogP contribution in [0.25, 0.3) is 0 Å². The van der Waals surface area contributed by atoms with E-state index in [1.54, 1.807) is 32.3 Å². The van der Waals surface area contributed by atoms with Gasteiger partial charge in [-0.25, -0.2) is 4.98 Å². The molecule has 0 aliphatic rings. The summed E-state index contributed by atoms with van der Waals surface area (Å²) >= 11 is 0. The number of carbonyl (C=O) groups excluding carboxylic acids is 1. The minimum Gasteiger partial charge on any atom is -0.394 e. The molecule has 0 fully saturated rings. The van der Waals surface area contributed by atoms with Gasteiger partial charge in [0.2, 0.25) is 0 Å². The first-order valence-corrected chi connectivity index (χ1v) is 6.18. The van der Waals surface area contributed by atoms with Crippen LogP contribution in [0.3, 0.4) is 0 Å². The Bertz CT molecular complexity index is 396. The highest BCUT2D eigenvalue weighted by atomic mass is 16.3. The molecule has 0 saturated carbocycles. The number of aromatic nitrogens is 1. The standard InChI is InChI=1S/C13H21N3O2/c1-4-6-14-12-8-11(5-7-15-12)13(18)16(3)10(2)9-17/h5,7-8,10,17H,4,6,9H2,1-3H3,(H,14,15). The average Bonchev–Trinajstić information content (AvgIpc) is 2.42. The van der Waals surface area contributed by atoms with Gasteiger partial charge in [-0.05, 0) is 25.5 Å². The fraction of sp³-hybridized carbons (Fsp3) is 0.538. The zero-order chi connectivity index (χ0) is 13.5. The molecule has 18 heavy (non-hydrogen) atoms. The Kier molecular flexibility index (Phi) is 5.58. The number of carbonyl (C=O) groups is 1. The molecule has 0 spiro atoms. The van der Waals surface area contributed by atoms with Crippen molar-refractivity contribution >= 4 is 11.7 Å². The van der Waals surface area contributed by atoms with Gasteiger partial charge in [-0.1, -0.05) is 6.92 Å². The number of hydrogen-bond acceptors (Lipinski definition) is 4. The van der Waals surface area contributed by atoms with E-state index in [2.05, 4.69) is 17.2 Å². The van der Waals surface area contributed by atoms with E-state index in [9.17, 15) is 4.79 Å². The maximum absolute atomic E-state index is 12.1. The molecule has 1 aromatic rings. The van der Waals surface area contributed by atoms with E-state index in [0.29, 0.717) is 11.4 Å². The Morgan fingerprint density at radius 2 is 2.33 bits per heavy atom. The van der Waals surface area contributed by atoms with Crippen LogP contribution in [0.4, 0.5) is 5.82 Å². The normalized spacial score (nSPS) is 12.0. The monoisotopic (exact) mass is 251 g/mol. The Labute approximate surface area is 108 Å². The van der Waals surface area contributed by atoms with Gasteiger partial charge < -0.3 is 15.3 Å². The second-order valence-corrected chi connectivity index (χ2v) is 4.30. The highest BCUT2D eigenvalue weighted by Gasteiger charge is 2.17. The van der Waals surface area contributed by atoms with Crippen molar-refractivity contribution in [2.45, 2.75) is 26.3 Å². The van der Waals surface area contributed by atoms with Gasteiger partial charge in [0, 0.05) is 25.4 Å². The van der Waals surface area contributed by atoms with Gasteiger partial charge in [0.15, 0.2) is 0 Å². The van der Waals surface area contributed by atoms with Crippen molar-refractivity contribution < 1.29 is 9.90 Å². The van der Waals surface area contributed by atoms with Gasteiger partial charge in [0.05, 0.1) is 12.6 Å². The van der Waals surface area contributed by atoms with E-state index in [1.807, 2.05) is 0 Å². The molecule has 0 aliphatic carbocycles. The molecule has 0 saturated heterocycles. The van der Waals surface area contributed by atoms with Crippen LogP contribution in [0, 0.1) is 0 Å². The molecule has 0 aromatic carbocycles. The molecular weight excluding hydrogens is 230 g/mol. The summed E-state index contributed by atoms with van der Waals surface area (Å²) in [5, 5.41) is 12.2. The van der Waals surface area contributed by atoms with Crippen LogP contribution < -0.4 is 5.32 Å². The van der Waals surface area contributed by atoms with Crippen LogP contribution in [0.2, 0.25) is 0 Å². The Balaban J connectivity index is 2.79. The summed E-state index contributed by atoms with van der Waals surface area (Å²) in [6.07, 6.45) is 2.62. The van der Waals surface area contributed by atoms with E-state index in [4.69, 9.17) is 5.11 Å². The van der Waals surface area contributed by atoms with E-state index < -0.39 is 0 Å². The molecule has 100 valence electrons. The largest absolute Gasteiger partial charge is 0.394 e. The quantitative estimate of drug-likeness (QED) is 0.801. The molecule has 5 nitrogen and oxygen atoms in total. The second kappa shape index (κ2) is 6.96. The predicted octanol–water partition coefficient (Wildman–Crippen LogP) is 1.36. The minimum absolute atomic E-state index is 0.0474. The first-order chi connectivity index (χ1) is 8.60. The minimum atomic E-state index is -0.197. The van der Waals surface area contributed by atoms with Crippen molar-refractivity contribution in [2.24, 2.45) is 0 Å².